The number of nitrogens with zero attached hydrogens (tertiary/aromatic N) is 4. The van der Waals surface area contributed by atoms with Crippen LogP contribution >= 0.6 is 22.7 Å². The van der Waals surface area contributed by atoms with Gasteiger partial charge in [-0.3, -0.25) is 9.11 Å². The molecule has 2 heterocycles. The number of fused-ring (bicyclic) bond motifs is 2. The molecule has 0 unspecified atom stereocenters. The second-order valence-corrected chi connectivity index (χ2v) is 13.7. The lowest BCUT2D eigenvalue weighted by Crippen LogP contribution is -1.88. The molecule has 0 aliphatic carbocycles. The maximum Gasteiger partial charge on any atom is 0.261 e. The first-order valence-corrected chi connectivity index (χ1v) is 19.3. The molecule has 0 aliphatic rings. The quantitative estimate of drug-likeness (QED) is 0.136. The largest absolute Gasteiger partial charge is 0.286 e. The number of rotatable bonds is 4. The standard InChI is InChI=1S/C26H16N4S2.2C2H6.2CH4O3S/c1-3-7-23-21(5-1)27-25(31-23)17-9-13-19(14-10-17)29-30-20-15-11-18(12-16-20)26-28-22-6-2-4-8-24(22)32-26;2*1-2;2*1-5(2,3)4/h1-16H;2*1-2H3;2*1H3,(H,2,3,4). The number of hydrogen-bond acceptors (Lipinski definition) is 10. The van der Waals surface area contributed by atoms with Crippen LogP contribution in [0.15, 0.2) is 107 Å². The molecule has 0 spiro atoms. The molecule has 0 aliphatic heterocycles. The van der Waals surface area contributed by atoms with Crippen LogP contribution in [0.4, 0.5) is 11.4 Å². The van der Waals surface area contributed by atoms with Gasteiger partial charge in [-0.15, -0.1) is 22.7 Å². The molecule has 4 aromatic carbocycles. The van der Waals surface area contributed by atoms with Crippen LogP contribution < -0.4 is 0 Å². The molecule has 0 saturated carbocycles. The minimum Gasteiger partial charge on any atom is -0.286 e. The summed E-state index contributed by atoms with van der Waals surface area (Å²) in [6.45, 7) is 8.00. The van der Waals surface area contributed by atoms with Crippen molar-refractivity contribution in [3.05, 3.63) is 97.1 Å². The molecule has 0 bridgehead atoms. The molecule has 0 atom stereocenters. The third-order valence-corrected chi connectivity index (χ3v) is 7.27. The Balaban J connectivity index is 0.000000452. The molecule has 6 rings (SSSR count). The first-order chi connectivity index (χ1) is 21.8. The van der Waals surface area contributed by atoms with E-state index in [9.17, 15) is 16.8 Å². The zero-order valence-electron chi connectivity index (χ0n) is 26.2. The van der Waals surface area contributed by atoms with Crippen molar-refractivity contribution in [3.63, 3.8) is 0 Å². The maximum atomic E-state index is 9.19. The van der Waals surface area contributed by atoms with E-state index in [0.29, 0.717) is 12.5 Å². The molecule has 46 heavy (non-hydrogen) atoms. The smallest absolute Gasteiger partial charge is 0.261 e. The lowest BCUT2D eigenvalue weighted by Gasteiger charge is -1.98. The van der Waals surface area contributed by atoms with E-state index in [-0.39, 0.29) is 0 Å². The van der Waals surface area contributed by atoms with Crippen LogP contribution in [0.25, 0.3) is 41.6 Å². The third-order valence-electron chi connectivity index (χ3n) is 5.10. The minimum atomic E-state index is -3.67. The normalized spacial score (nSPS) is 10.9. The minimum absolute atomic E-state index is 0.715. The second-order valence-electron chi connectivity index (χ2n) is 8.73. The van der Waals surface area contributed by atoms with E-state index in [1.807, 2.05) is 113 Å². The van der Waals surface area contributed by atoms with Crippen LogP contribution in [-0.2, 0) is 20.2 Å². The number of thiazole rings is 2. The molecule has 0 amide bonds. The van der Waals surface area contributed by atoms with Crippen molar-refractivity contribution >= 4 is 74.7 Å². The monoisotopic (exact) mass is 700 g/mol. The average Bonchev–Trinajstić information content (AvgIpc) is 3.66. The van der Waals surface area contributed by atoms with Gasteiger partial charge in [0, 0.05) is 11.1 Å². The highest BCUT2D eigenvalue weighted by atomic mass is 32.2. The molecule has 0 saturated heterocycles. The molecular formula is C32H36N4O6S4. The van der Waals surface area contributed by atoms with E-state index < -0.39 is 20.2 Å². The predicted molar refractivity (Wildman–Crippen MR) is 192 cm³/mol. The van der Waals surface area contributed by atoms with Crippen LogP contribution in [0.5, 0.6) is 0 Å². The molecular weight excluding hydrogens is 665 g/mol. The Morgan fingerprint density at radius 1 is 0.522 bits per heavy atom. The van der Waals surface area contributed by atoms with Gasteiger partial charge in [-0.1, -0.05) is 52.0 Å². The van der Waals surface area contributed by atoms with Gasteiger partial charge < -0.3 is 0 Å². The van der Waals surface area contributed by atoms with E-state index in [1.165, 1.54) is 9.40 Å². The Morgan fingerprint density at radius 3 is 1.09 bits per heavy atom. The Hall–Kier alpha value is -3.92. The van der Waals surface area contributed by atoms with Gasteiger partial charge in [-0.05, 0) is 72.8 Å². The summed E-state index contributed by atoms with van der Waals surface area (Å²) in [5.74, 6) is 0. The molecule has 2 aromatic heterocycles. The van der Waals surface area contributed by atoms with Gasteiger partial charge >= 0.3 is 0 Å². The van der Waals surface area contributed by atoms with Gasteiger partial charge in [0.2, 0.25) is 0 Å². The predicted octanol–water partition coefficient (Wildman–Crippen LogP) is 9.72. The summed E-state index contributed by atoms with van der Waals surface area (Å²) in [5, 5.41) is 10.8. The second kappa shape index (κ2) is 18.3. The summed E-state index contributed by atoms with van der Waals surface area (Å²) in [6, 6.07) is 32.5. The SMILES string of the molecule is CC.CC.CS(=O)(=O)O.CS(=O)(=O)O.c1ccc2sc(-c3ccc(N=Nc4ccc(-c5nc6ccccc6s5)cc4)cc3)nc2c1. The van der Waals surface area contributed by atoms with Gasteiger partial charge in [0.1, 0.15) is 10.0 Å². The van der Waals surface area contributed by atoms with Gasteiger partial charge in [-0.2, -0.15) is 27.1 Å². The molecule has 244 valence electrons. The number of aromatic nitrogens is 2. The molecule has 10 nitrogen and oxygen atoms in total. The first kappa shape index (κ1) is 38.3. The van der Waals surface area contributed by atoms with Crippen LogP contribution in [0.3, 0.4) is 0 Å². The highest BCUT2D eigenvalue weighted by Crippen LogP contribution is 2.33. The number of hydrogen-bond donors (Lipinski definition) is 2. The van der Waals surface area contributed by atoms with Gasteiger partial charge in [0.15, 0.2) is 0 Å². The molecule has 6 aromatic rings. The zero-order valence-corrected chi connectivity index (χ0v) is 29.5. The summed E-state index contributed by atoms with van der Waals surface area (Å²) in [4.78, 5) is 9.43. The van der Waals surface area contributed by atoms with Crippen molar-refractivity contribution in [3.8, 4) is 21.1 Å². The number of benzene rings is 4. The summed E-state index contributed by atoms with van der Waals surface area (Å²) < 4.78 is 54.1. The fourth-order valence-corrected chi connectivity index (χ4v) is 5.39. The lowest BCUT2D eigenvalue weighted by atomic mass is 10.2. The van der Waals surface area contributed by atoms with Crippen LogP contribution in [0.2, 0.25) is 0 Å². The van der Waals surface area contributed by atoms with Crippen molar-refractivity contribution in [2.45, 2.75) is 27.7 Å². The van der Waals surface area contributed by atoms with Crippen LogP contribution in [0, 0.1) is 0 Å². The Bertz CT molecular complexity index is 1820. The molecule has 14 heteroatoms. The lowest BCUT2D eigenvalue weighted by molar-refractivity contribution is 0.488. The van der Waals surface area contributed by atoms with Crippen LogP contribution in [-0.4, -0.2) is 48.4 Å². The van der Waals surface area contributed by atoms with Gasteiger partial charge in [-0.25, -0.2) is 9.97 Å². The van der Waals surface area contributed by atoms with Crippen molar-refractivity contribution in [1.29, 1.82) is 0 Å². The highest BCUT2D eigenvalue weighted by Gasteiger charge is 2.07. The number of azo groups is 1. The van der Waals surface area contributed by atoms with Crippen molar-refractivity contribution < 1.29 is 25.9 Å². The van der Waals surface area contributed by atoms with E-state index in [2.05, 4.69) is 22.4 Å². The number of para-hydroxylation sites is 2. The third kappa shape index (κ3) is 13.6. The summed E-state index contributed by atoms with van der Waals surface area (Å²) in [6.07, 6.45) is 1.43. The first-order valence-electron chi connectivity index (χ1n) is 14.0. The molecule has 0 radical (unpaired) electrons. The Morgan fingerprint density at radius 2 is 0.804 bits per heavy atom. The van der Waals surface area contributed by atoms with E-state index in [0.717, 1.165) is 43.6 Å². The van der Waals surface area contributed by atoms with E-state index in [4.69, 9.17) is 19.1 Å². The molecule has 0 fully saturated rings. The van der Waals surface area contributed by atoms with Gasteiger partial charge in [0.25, 0.3) is 20.2 Å². The average molecular weight is 701 g/mol. The summed E-state index contributed by atoms with van der Waals surface area (Å²) in [5.41, 5.74) is 5.86. The summed E-state index contributed by atoms with van der Waals surface area (Å²) >= 11 is 3.40. The van der Waals surface area contributed by atoms with Gasteiger partial charge in [0.05, 0.1) is 44.3 Å². The van der Waals surface area contributed by atoms with Crippen molar-refractivity contribution in [2.75, 3.05) is 12.5 Å². The fraction of sp³-hybridized carbons (Fsp3) is 0.188. The summed E-state index contributed by atoms with van der Waals surface area (Å²) in [7, 11) is -7.33. The van der Waals surface area contributed by atoms with Crippen molar-refractivity contribution in [1.82, 2.24) is 9.97 Å². The Labute approximate surface area is 278 Å². The van der Waals surface area contributed by atoms with Crippen molar-refractivity contribution in [2.24, 2.45) is 10.2 Å². The van der Waals surface area contributed by atoms with E-state index in [1.54, 1.807) is 22.7 Å². The maximum absolute atomic E-state index is 9.19. The highest BCUT2D eigenvalue weighted by molar-refractivity contribution is 7.85. The fourth-order valence-electron chi connectivity index (χ4n) is 3.45. The van der Waals surface area contributed by atoms with Crippen LogP contribution in [0.1, 0.15) is 27.7 Å². The van der Waals surface area contributed by atoms with E-state index >= 15 is 0 Å². The zero-order chi connectivity index (χ0) is 34.3. The topological polar surface area (TPSA) is 159 Å². The molecule has 2 N–H and O–H groups in total. The Kier molecular flexibility index (Phi) is 15.2.